The third-order valence-electron chi connectivity index (χ3n) is 5.58. The Kier molecular flexibility index (Phi) is 8.82. The highest BCUT2D eigenvalue weighted by Gasteiger charge is 2.17. The Hall–Kier alpha value is -2.88. The van der Waals surface area contributed by atoms with E-state index in [9.17, 15) is 17.6 Å². The van der Waals surface area contributed by atoms with Gasteiger partial charge in [0.15, 0.2) is 23.3 Å². The van der Waals surface area contributed by atoms with Crippen LogP contribution in [0.1, 0.15) is 44.7 Å². The zero-order valence-corrected chi connectivity index (χ0v) is 19.1. The summed E-state index contributed by atoms with van der Waals surface area (Å²) in [5, 5.41) is 0. The molecule has 32 heavy (non-hydrogen) atoms. The van der Waals surface area contributed by atoms with Crippen molar-refractivity contribution in [3.63, 3.8) is 0 Å². The zero-order valence-electron chi connectivity index (χ0n) is 19.1. The van der Waals surface area contributed by atoms with Gasteiger partial charge in [-0.05, 0) is 55.2 Å². The first-order valence-corrected chi connectivity index (χ1v) is 10.7. The van der Waals surface area contributed by atoms with Gasteiger partial charge >= 0.3 is 0 Å². The maximum Gasteiger partial charge on any atom is 0.167 e. The lowest BCUT2D eigenvalue weighted by molar-refractivity contribution is 0.485. The van der Waals surface area contributed by atoms with Crippen molar-refractivity contribution < 1.29 is 17.6 Å². The highest BCUT2D eigenvalue weighted by atomic mass is 19.2. The van der Waals surface area contributed by atoms with E-state index in [0.29, 0.717) is 18.4 Å². The Morgan fingerprint density at radius 1 is 0.906 bits per heavy atom. The summed E-state index contributed by atoms with van der Waals surface area (Å²) in [5.74, 6) is -3.94. The Bertz CT molecular complexity index is 1040. The van der Waals surface area contributed by atoms with Crippen LogP contribution in [0.4, 0.5) is 17.6 Å². The average Bonchev–Trinajstić information content (AvgIpc) is 2.77. The Morgan fingerprint density at radius 3 is 2.12 bits per heavy atom. The van der Waals surface area contributed by atoms with E-state index in [0.717, 1.165) is 5.56 Å². The van der Waals surface area contributed by atoms with Crippen LogP contribution in [0.15, 0.2) is 78.4 Å². The first-order valence-electron chi connectivity index (χ1n) is 10.7. The first-order chi connectivity index (χ1) is 15.0. The molecule has 2 aromatic carbocycles. The van der Waals surface area contributed by atoms with Gasteiger partial charge in [0.2, 0.25) is 0 Å². The summed E-state index contributed by atoms with van der Waals surface area (Å²) >= 11 is 0. The fourth-order valence-corrected chi connectivity index (χ4v) is 3.25. The van der Waals surface area contributed by atoms with E-state index in [1.54, 1.807) is 43.3 Å². The molecule has 0 heterocycles. The summed E-state index contributed by atoms with van der Waals surface area (Å²) in [5.41, 5.74) is 2.17. The lowest BCUT2D eigenvalue weighted by Gasteiger charge is -2.16. The molecule has 0 bridgehead atoms. The lowest BCUT2D eigenvalue weighted by Crippen LogP contribution is -2.03. The van der Waals surface area contributed by atoms with E-state index in [1.807, 2.05) is 26.0 Å². The van der Waals surface area contributed by atoms with Gasteiger partial charge in [-0.2, -0.15) is 0 Å². The summed E-state index contributed by atoms with van der Waals surface area (Å²) in [7, 11) is 0. The number of hydrogen-bond acceptors (Lipinski definition) is 0. The largest absolute Gasteiger partial charge is 0.203 e. The molecule has 2 aromatic rings. The van der Waals surface area contributed by atoms with E-state index < -0.39 is 23.3 Å². The molecule has 170 valence electrons. The first kappa shape index (κ1) is 25.4. The Labute approximate surface area is 188 Å². The smallest absolute Gasteiger partial charge is 0.167 e. The minimum Gasteiger partial charge on any atom is -0.203 e. The molecule has 0 aliphatic heterocycles. The molecule has 0 fully saturated rings. The van der Waals surface area contributed by atoms with Crippen molar-refractivity contribution in [1.82, 2.24) is 0 Å². The van der Waals surface area contributed by atoms with Gasteiger partial charge in [0.25, 0.3) is 0 Å². The SMILES string of the molecule is C=C(C)/C(F)=C(/F)C(=C)C(C)CCC(C)/C=C/c1ccc(-c2ccc(C)cc2)c(F)c1F. The monoisotopic (exact) mass is 442 g/mol. The highest BCUT2D eigenvalue weighted by molar-refractivity contribution is 5.67. The second-order valence-electron chi connectivity index (χ2n) is 8.44. The van der Waals surface area contributed by atoms with Crippen LogP contribution in [0, 0.1) is 30.4 Å². The van der Waals surface area contributed by atoms with Crippen molar-refractivity contribution in [3.8, 4) is 11.1 Å². The van der Waals surface area contributed by atoms with Crippen LogP contribution in [-0.2, 0) is 0 Å². The quantitative estimate of drug-likeness (QED) is 0.268. The average molecular weight is 443 g/mol. The Morgan fingerprint density at radius 2 is 1.53 bits per heavy atom. The number of hydrogen-bond donors (Lipinski definition) is 0. The van der Waals surface area contributed by atoms with Crippen LogP contribution in [0.5, 0.6) is 0 Å². The molecule has 0 saturated heterocycles. The topological polar surface area (TPSA) is 0 Å². The molecule has 0 N–H and O–H groups in total. The molecule has 4 heteroatoms. The molecule has 0 saturated carbocycles. The van der Waals surface area contributed by atoms with E-state index in [2.05, 4.69) is 13.2 Å². The van der Waals surface area contributed by atoms with Crippen LogP contribution in [0.2, 0.25) is 0 Å². The summed E-state index contributed by atoms with van der Waals surface area (Å²) in [4.78, 5) is 0. The van der Waals surface area contributed by atoms with Gasteiger partial charge in [-0.1, -0.05) is 81.1 Å². The predicted octanol–water partition coefficient (Wildman–Crippen LogP) is 9.29. The fourth-order valence-electron chi connectivity index (χ4n) is 3.25. The molecule has 0 aliphatic carbocycles. The van der Waals surface area contributed by atoms with Crippen molar-refractivity contribution >= 4 is 6.08 Å². The van der Waals surface area contributed by atoms with Gasteiger partial charge < -0.3 is 0 Å². The van der Waals surface area contributed by atoms with Crippen LogP contribution >= 0.6 is 0 Å². The molecule has 2 unspecified atom stereocenters. The summed E-state index contributed by atoms with van der Waals surface area (Å²) in [6.45, 7) is 14.1. The van der Waals surface area contributed by atoms with Gasteiger partial charge in [-0.15, -0.1) is 0 Å². The van der Waals surface area contributed by atoms with Crippen LogP contribution in [0.3, 0.4) is 0 Å². The van der Waals surface area contributed by atoms with Crippen molar-refractivity contribution in [1.29, 1.82) is 0 Å². The van der Waals surface area contributed by atoms with E-state index in [1.165, 1.54) is 6.92 Å². The van der Waals surface area contributed by atoms with Crippen molar-refractivity contribution in [2.24, 2.45) is 11.8 Å². The fraction of sp³-hybridized carbons (Fsp3) is 0.286. The van der Waals surface area contributed by atoms with E-state index in [-0.39, 0.29) is 34.1 Å². The van der Waals surface area contributed by atoms with Crippen molar-refractivity contribution in [2.75, 3.05) is 0 Å². The molecular weight excluding hydrogens is 412 g/mol. The lowest BCUT2D eigenvalue weighted by atomic mass is 9.91. The van der Waals surface area contributed by atoms with Crippen LogP contribution in [0.25, 0.3) is 17.2 Å². The predicted molar refractivity (Wildman–Crippen MR) is 126 cm³/mol. The highest BCUT2D eigenvalue weighted by Crippen LogP contribution is 2.30. The second kappa shape index (κ2) is 11.1. The van der Waals surface area contributed by atoms with Crippen molar-refractivity contribution in [3.05, 3.63) is 101 Å². The molecular formula is C28H30F4. The standard InChI is InChI=1S/C28H30F4/c1-17(2)25(29)26(30)21(6)20(5)11-7-18(3)10-14-23-15-16-24(28(32)27(23)31)22-12-8-19(4)9-13-22/h8-10,12-16,18,20H,1,6-7,11H2,2-5H3/b14-10+,26-25-. The van der Waals surface area contributed by atoms with Gasteiger partial charge in [0.1, 0.15) is 0 Å². The number of halogens is 4. The minimum absolute atomic E-state index is 0.0230. The normalized spacial score (nSPS) is 14.2. The molecule has 2 rings (SSSR count). The third-order valence-corrected chi connectivity index (χ3v) is 5.58. The second-order valence-corrected chi connectivity index (χ2v) is 8.44. The van der Waals surface area contributed by atoms with E-state index in [4.69, 9.17) is 0 Å². The summed E-state index contributed by atoms with van der Waals surface area (Å²) in [6, 6.07) is 10.4. The van der Waals surface area contributed by atoms with Crippen LogP contribution in [-0.4, -0.2) is 0 Å². The number of rotatable bonds is 9. The molecule has 0 aromatic heterocycles. The molecule has 2 atom stereocenters. The molecule has 0 aliphatic rings. The number of aryl methyl sites for hydroxylation is 1. The van der Waals surface area contributed by atoms with Gasteiger partial charge in [-0.3, -0.25) is 0 Å². The number of allylic oxidation sites excluding steroid dienone is 5. The summed E-state index contributed by atoms with van der Waals surface area (Å²) < 4.78 is 57.0. The molecule has 0 amide bonds. The molecule has 0 radical (unpaired) electrons. The molecule has 0 spiro atoms. The minimum atomic E-state index is -0.971. The Balaban J connectivity index is 2.04. The maximum absolute atomic E-state index is 14.6. The van der Waals surface area contributed by atoms with Gasteiger partial charge in [-0.25, -0.2) is 17.6 Å². The molecule has 0 nitrogen and oxygen atoms in total. The third kappa shape index (κ3) is 6.32. The van der Waals surface area contributed by atoms with Gasteiger partial charge in [0, 0.05) is 11.1 Å². The van der Waals surface area contributed by atoms with E-state index >= 15 is 0 Å². The maximum atomic E-state index is 14.6. The van der Waals surface area contributed by atoms with Crippen LogP contribution < -0.4 is 0 Å². The summed E-state index contributed by atoms with van der Waals surface area (Å²) in [6.07, 6.45) is 4.58. The van der Waals surface area contributed by atoms with Gasteiger partial charge in [0.05, 0.1) is 0 Å². The zero-order chi connectivity index (χ0) is 24.0. The van der Waals surface area contributed by atoms with Crippen molar-refractivity contribution in [2.45, 2.75) is 40.5 Å². The number of benzene rings is 2.